The number of benzene rings is 1. The van der Waals surface area contributed by atoms with E-state index in [0.717, 1.165) is 16.5 Å². The summed E-state index contributed by atoms with van der Waals surface area (Å²) >= 11 is 3.27. The van der Waals surface area contributed by atoms with Gasteiger partial charge in [-0.05, 0) is 43.9 Å². The maximum atomic E-state index is 13.6. The number of hydrogen-bond acceptors (Lipinski definition) is 1. The fourth-order valence-corrected chi connectivity index (χ4v) is 2.11. The van der Waals surface area contributed by atoms with Crippen LogP contribution in [-0.4, -0.2) is 5.11 Å². The zero-order valence-electron chi connectivity index (χ0n) is 7.98. The summed E-state index contributed by atoms with van der Waals surface area (Å²) in [5.41, 5.74) is 0.501. The second-order valence-electron chi connectivity index (χ2n) is 3.97. The van der Waals surface area contributed by atoms with Gasteiger partial charge in [-0.25, -0.2) is 4.39 Å². The SMILES string of the molecule is Cc1cc(C2(O)CCC2)c(F)cc1Br. The van der Waals surface area contributed by atoms with E-state index in [2.05, 4.69) is 15.9 Å². The van der Waals surface area contributed by atoms with Crippen molar-refractivity contribution in [3.8, 4) is 0 Å². The highest BCUT2D eigenvalue weighted by molar-refractivity contribution is 9.10. The van der Waals surface area contributed by atoms with Crippen LogP contribution in [0, 0.1) is 12.7 Å². The Morgan fingerprint density at radius 3 is 2.57 bits per heavy atom. The van der Waals surface area contributed by atoms with Gasteiger partial charge in [-0.1, -0.05) is 15.9 Å². The van der Waals surface area contributed by atoms with Gasteiger partial charge in [0.15, 0.2) is 0 Å². The van der Waals surface area contributed by atoms with E-state index in [1.54, 1.807) is 6.07 Å². The van der Waals surface area contributed by atoms with Crippen LogP contribution in [-0.2, 0) is 5.60 Å². The van der Waals surface area contributed by atoms with Crippen LogP contribution in [0.25, 0.3) is 0 Å². The van der Waals surface area contributed by atoms with Gasteiger partial charge in [0.2, 0.25) is 0 Å². The Morgan fingerprint density at radius 1 is 1.43 bits per heavy atom. The van der Waals surface area contributed by atoms with E-state index in [4.69, 9.17) is 0 Å². The lowest BCUT2D eigenvalue weighted by molar-refractivity contribution is -0.0417. The van der Waals surface area contributed by atoms with Crippen molar-refractivity contribution in [2.75, 3.05) is 0 Å². The average Bonchev–Trinajstić information content (AvgIpc) is 2.07. The molecule has 1 N–H and O–H groups in total. The fourth-order valence-electron chi connectivity index (χ4n) is 1.79. The summed E-state index contributed by atoms with van der Waals surface area (Å²) in [6.07, 6.45) is 2.32. The van der Waals surface area contributed by atoms with Crippen molar-refractivity contribution in [1.29, 1.82) is 0 Å². The Kier molecular flexibility index (Phi) is 2.40. The molecule has 1 fully saturated rings. The predicted octanol–water partition coefficient (Wildman–Crippen LogP) is 3.27. The lowest BCUT2D eigenvalue weighted by Crippen LogP contribution is -2.34. The molecule has 0 atom stereocenters. The lowest BCUT2D eigenvalue weighted by atomic mass is 9.74. The lowest BCUT2D eigenvalue weighted by Gasteiger charge is -2.37. The summed E-state index contributed by atoms with van der Waals surface area (Å²) in [5, 5.41) is 10.0. The molecule has 1 aromatic carbocycles. The minimum atomic E-state index is -0.907. The van der Waals surface area contributed by atoms with Gasteiger partial charge in [0.1, 0.15) is 5.82 Å². The van der Waals surface area contributed by atoms with E-state index in [-0.39, 0.29) is 5.82 Å². The van der Waals surface area contributed by atoms with Gasteiger partial charge in [0.05, 0.1) is 5.60 Å². The van der Waals surface area contributed by atoms with Crippen molar-refractivity contribution in [1.82, 2.24) is 0 Å². The van der Waals surface area contributed by atoms with Crippen LogP contribution in [0.4, 0.5) is 4.39 Å². The number of aliphatic hydroxyl groups is 1. The number of rotatable bonds is 1. The number of aryl methyl sites for hydroxylation is 1. The van der Waals surface area contributed by atoms with Gasteiger partial charge in [0, 0.05) is 10.0 Å². The van der Waals surface area contributed by atoms with Crippen LogP contribution in [0.2, 0.25) is 0 Å². The molecule has 0 unspecified atom stereocenters. The third kappa shape index (κ3) is 1.48. The second kappa shape index (κ2) is 3.31. The van der Waals surface area contributed by atoms with Gasteiger partial charge in [-0.15, -0.1) is 0 Å². The van der Waals surface area contributed by atoms with Gasteiger partial charge in [-0.3, -0.25) is 0 Å². The molecule has 1 aromatic rings. The van der Waals surface area contributed by atoms with Crippen molar-refractivity contribution < 1.29 is 9.50 Å². The Labute approximate surface area is 91.1 Å². The molecule has 1 aliphatic rings. The first-order valence-electron chi connectivity index (χ1n) is 4.71. The molecule has 0 aliphatic heterocycles. The first-order chi connectivity index (χ1) is 6.53. The smallest absolute Gasteiger partial charge is 0.130 e. The zero-order valence-corrected chi connectivity index (χ0v) is 9.57. The highest BCUT2D eigenvalue weighted by atomic mass is 79.9. The van der Waals surface area contributed by atoms with Crippen LogP contribution in [0.5, 0.6) is 0 Å². The van der Waals surface area contributed by atoms with Crippen LogP contribution >= 0.6 is 15.9 Å². The van der Waals surface area contributed by atoms with E-state index >= 15 is 0 Å². The highest BCUT2D eigenvalue weighted by Gasteiger charge is 2.38. The van der Waals surface area contributed by atoms with Gasteiger partial charge >= 0.3 is 0 Å². The Hall–Kier alpha value is -0.410. The molecule has 1 aliphatic carbocycles. The topological polar surface area (TPSA) is 20.2 Å². The molecule has 3 heteroatoms. The van der Waals surface area contributed by atoms with Crippen molar-refractivity contribution in [2.45, 2.75) is 31.8 Å². The van der Waals surface area contributed by atoms with Crippen LogP contribution in [0.3, 0.4) is 0 Å². The molecular weight excluding hydrogens is 247 g/mol. The Bertz CT molecular complexity index is 372. The second-order valence-corrected chi connectivity index (χ2v) is 4.82. The van der Waals surface area contributed by atoms with Gasteiger partial charge in [0.25, 0.3) is 0 Å². The maximum Gasteiger partial charge on any atom is 0.130 e. The Morgan fingerprint density at radius 2 is 2.07 bits per heavy atom. The molecule has 0 heterocycles. The van der Waals surface area contributed by atoms with Crippen LogP contribution in [0.1, 0.15) is 30.4 Å². The molecule has 0 bridgehead atoms. The van der Waals surface area contributed by atoms with E-state index in [9.17, 15) is 9.50 Å². The maximum absolute atomic E-state index is 13.6. The van der Waals surface area contributed by atoms with Gasteiger partial charge in [-0.2, -0.15) is 0 Å². The average molecular weight is 259 g/mol. The predicted molar refractivity (Wildman–Crippen MR) is 56.6 cm³/mol. The number of hydrogen-bond donors (Lipinski definition) is 1. The normalized spacial score (nSPS) is 19.1. The number of halogens is 2. The molecule has 76 valence electrons. The van der Waals surface area contributed by atoms with E-state index in [0.29, 0.717) is 18.4 Å². The summed E-state index contributed by atoms with van der Waals surface area (Å²) in [7, 11) is 0. The fraction of sp³-hybridized carbons (Fsp3) is 0.455. The van der Waals surface area contributed by atoms with E-state index in [1.165, 1.54) is 6.07 Å². The minimum Gasteiger partial charge on any atom is -0.385 e. The Balaban J connectivity index is 2.48. The molecule has 2 rings (SSSR count). The molecule has 0 aromatic heterocycles. The molecule has 0 amide bonds. The van der Waals surface area contributed by atoms with Crippen molar-refractivity contribution >= 4 is 15.9 Å². The molecule has 0 spiro atoms. The summed E-state index contributed by atoms with van der Waals surface area (Å²) < 4.78 is 14.3. The quantitative estimate of drug-likeness (QED) is 0.820. The molecule has 0 radical (unpaired) electrons. The summed E-state index contributed by atoms with van der Waals surface area (Å²) in [5.74, 6) is -0.315. The monoisotopic (exact) mass is 258 g/mol. The highest BCUT2D eigenvalue weighted by Crippen LogP contribution is 2.43. The molecule has 1 saturated carbocycles. The first-order valence-corrected chi connectivity index (χ1v) is 5.51. The zero-order chi connectivity index (χ0) is 10.3. The molecule has 0 saturated heterocycles. The van der Waals surface area contributed by atoms with Crippen LogP contribution < -0.4 is 0 Å². The van der Waals surface area contributed by atoms with Crippen molar-refractivity contribution in [3.63, 3.8) is 0 Å². The van der Waals surface area contributed by atoms with Crippen LogP contribution in [0.15, 0.2) is 16.6 Å². The molecular formula is C11H12BrFO. The van der Waals surface area contributed by atoms with E-state index in [1.807, 2.05) is 6.92 Å². The molecule has 14 heavy (non-hydrogen) atoms. The minimum absolute atomic E-state index is 0.315. The third-order valence-corrected chi connectivity index (χ3v) is 3.78. The van der Waals surface area contributed by atoms with E-state index < -0.39 is 5.60 Å². The summed E-state index contributed by atoms with van der Waals surface area (Å²) in [6.45, 7) is 1.90. The third-order valence-electron chi connectivity index (χ3n) is 2.93. The first kappa shape index (κ1) is 10.1. The molecule has 1 nitrogen and oxygen atoms in total. The summed E-state index contributed by atoms with van der Waals surface area (Å²) in [4.78, 5) is 0. The largest absolute Gasteiger partial charge is 0.385 e. The van der Waals surface area contributed by atoms with Gasteiger partial charge < -0.3 is 5.11 Å². The summed E-state index contributed by atoms with van der Waals surface area (Å²) in [6, 6.07) is 3.17. The standard InChI is InChI=1S/C11H12BrFO/c1-7-5-8(10(13)6-9(7)12)11(14)3-2-4-11/h5-6,14H,2-4H2,1H3. The van der Waals surface area contributed by atoms with Crippen molar-refractivity contribution in [2.24, 2.45) is 0 Å². The van der Waals surface area contributed by atoms with Crippen molar-refractivity contribution in [3.05, 3.63) is 33.5 Å².